The minimum Gasteiger partial charge on any atom is -0.395 e. The number of hydrogen-bond donors (Lipinski definition) is 1. The molecule has 5 nitrogen and oxygen atoms in total. The second-order valence-electron chi connectivity index (χ2n) is 4.21. The summed E-state index contributed by atoms with van der Waals surface area (Å²) >= 11 is 0. The molecule has 2 rings (SSSR count). The van der Waals surface area contributed by atoms with Crippen molar-refractivity contribution < 1.29 is 5.11 Å². The maximum atomic E-state index is 9.12. The summed E-state index contributed by atoms with van der Waals surface area (Å²) in [5.41, 5.74) is 0.371. The van der Waals surface area contributed by atoms with Crippen LogP contribution in [0.25, 0.3) is 0 Å². The van der Waals surface area contributed by atoms with Gasteiger partial charge in [0.2, 0.25) is 5.95 Å². The molecule has 17 heavy (non-hydrogen) atoms. The Morgan fingerprint density at radius 1 is 1.47 bits per heavy atom. The molecule has 1 heterocycles. The van der Waals surface area contributed by atoms with E-state index in [1.54, 1.807) is 12.3 Å². The molecule has 0 radical (unpaired) electrons. The molecule has 0 amide bonds. The van der Waals surface area contributed by atoms with Gasteiger partial charge in [-0.05, 0) is 18.9 Å². The Balaban J connectivity index is 2.21. The molecule has 1 aromatic rings. The molecule has 0 atom stereocenters. The van der Waals surface area contributed by atoms with Crippen LogP contribution in [0, 0.1) is 11.3 Å². The molecule has 0 saturated heterocycles. The van der Waals surface area contributed by atoms with Crippen molar-refractivity contribution in [3.8, 4) is 6.07 Å². The summed E-state index contributed by atoms with van der Waals surface area (Å²) in [5.74, 6) is 0.560. The summed E-state index contributed by atoms with van der Waals surface area (Å²) < 4.78 is 0. The molecular weight excluding hydrogens is 216 g/mol. The van der Waals surface area contributed by atoms with Crippen molar-refractivity contribution in [2.45, 2.75) is 31.7 Å². The fraction of sp³-hybridized carbons (Fsp3) is 0.583. The maximum absolute atomic E-state index is 9.12. The first-order valence-corrected chi connectivity index (χ1v) is 5.96. The molecule has 5 heteroatoms. The van der Waals surface area contributed by atoms with Crippen molar-refractivity contribution >= 4 is 5.95 Å². The van der Waals surface area contributed by atoms with Crippen LogP contribution in [0.15, 0.2) is 12.3 Å². The minimum atomic E-state index is 0.0800. The van der Waals surface area contributed by atoms with E-state index in [1.165, 1.54) is 12.8 Å². The average Bonchev–Trinajstić information content (AvgIpc) is 2.89. The lowest BCUT2D eigenvalue weighted by molar-refractivity contribution is 0.296. The van der Waals surface area contributed by atoms with E-state index in [1.807, 2.05) is 11.0 Å². The Bertz CT molecular complexity index is 409. The van der Waals surface area contributed by atoms with E-state index in [2.05, 4.69) is 9.97 Å². The third kappa shape index (κ3) is 2.71. The predicted octanol–water partition coefficient (Wildman–Crippen LogP) is 1.09. The van der Waals surface area contributed by atoms with Crippen molar-refractivity contribution in [2.24, 2.45) is 0 Å². The fourth-order valence-electron chi connectivity index (χ4n) is 2.32. The molecule has 1 aliphatic rings. The molecule has 1 aromatic heterocycles. The van der Waals surface area contributed by atoms with E-state index in [4.69, 9.17) is 10.4 Å². The van der Waals surface area contributed by atoms with Gasteiger partial charge in [0.1, 0.15) is 11.8 Å². The predicted molar refractivity (Wildman–Crippen MR) is 63.4 cm³/mol. The summed E-state index contributed by atoms with van der Waals surface area (Å²) in [6, 6.07) is 4.01. The van der Waals surface area contributed by atoms with E-state index in [0.29, 0.717) is 24.2 Å². The number of aliphatic hydroxyl groups excluding tert-OH is 1. The van der Waals surface area contributed by atoms with Gasteiger partial charge in [0.15, 0.2) is 0 Å². The monoisotopic (exact) mass is 232 g/mol. The van der Waals surface area contributed by atoms with Crippen molar-refractivity contribution in [3.63, 3.8) is 0 Å². The first kappa shape index (κ1) is 11.8. The highest BCUT2D eigenvalue weighted by molar-refractivity contribution is 5.35. The SMILES string of the molecule is N#Cc1ccnc(N(CCO)C2CCCC2)n1. The molecule has 1 saturated carbocycles. The van der Waals surface area contributed by atoms with Gasteiger partial charge in [-0.2, -0.15) is 5.26 Å². The number of nitrogens with zero attached hydrogens (tertiary/aromatic N) is 4. The highest BCUT2D eigenvalue weighted by atomic mass is 16.3. The van der Waals surface area contributed by atoms with Gasteiger partial charge in [0, 0.05) is 18.8 Å². The molecule has 0 unspecified atom stereocenters. The zero-order valence-electron chi connectivity index (χ0n) is 9.71. The van der Waals surface area contributed by atoms with Gasteiger partial charge in [-0.1, -0.05) is 12.8 Å². The summed E-state index contributed by atoms with van der Waals surface area (Å²) in [6.07, 6.45) is 6.25. The first-order valence-electron chi connectivity index (χ1n) is 5.96. The van der Waals surface area contributed by atoms with Gasteiger partial charge >= 0.3 is 0 Å². The lowest BCUT2D eigenvalue weighted by Crippen LogP contribution is -2.37. The van der Waals surface area contributed by atoms with Crippen LogP contribution in [0.1, 0.15) is 31.4 Å². The number of anilines is 1. The highest BCUT2D eigenvalue weighted by Gasteiger charge is 2.24. The summed E-state index contributed by atoms with van der Waals surface area (Å²) in [5, 5.41) is 18.0. The van der Waals surface area contributed by atoms with E-state index in [0.717, 1.165) is 12.8 Å². The van der Waals surface area contributed by atoms with Crippen LogP contribution >= 0.6 is 0 Å². The number of rotatable bonds is 4. The Hall–Kier alpha value is -1.67. The third-order valence-electron chi connectivity index (χ3n) is 3.12. The van der Waals surface area contributed by atoms with Crippen LogP contribution in [0.2, 0.25) is 0 Å². The standard InChI is InChI=1S/C12H16N4O/c13-9-10-5-6-14-12(15-10)16(7-8-17)11-3-1-2-4-11/h5-6,11,17H,1-4,7-8H2. The van der Waals surface area contributed by atoms with E-state index in [-0.39, 0.29) is 6.61 Å². The molecule has 0 aliphatic heterocycles. The van der Waals surface area contributed by atoms with Gasteiger partial charge in [0.05, 0.1) is 6.61 Å². The van der Waals surface area contributed by atoms with E-state index >= 15 is 0 Å². The smallest absolute Gasteiger partial charge is 0.226 e. The second-order valence-corrected chi connectivity index (χ2v) is 4.21. The summed E-state index contributed by atoms with van der Waals surface area (Å²) in [6.45, 7) is 0.607. The van der Waals surface area contributed by atoms with Crippen molar-refractivity contribution in [1.29, 1.82) is 5.26 Å². The Labute approximate surface area is 101 Å². The average molecular weight is 232 g/mol. The molecule has 90 valence electrons. The van der Waals surface area contributed by atoms with Crippen LogP contribution in [0.5, 0.6) is 0 Å². The number of hydrogen-bond acceptors (Lipinski definition) is 5. The molecule has 1 N–H and O–H groups in total. The Morgan fingerprint density at radius 2 is 2.24 bits per heavy atom. The second kappa shape index (κ2) is 5.60. The van der Waals surface area contributed by atoms with Crippen LogP contribution in [-0.2, 0) is 0 Å². The first-order chi connectivity index (χ1) is 8.35. The van der Waals surface area contributed by atoms with E-state index < -0.39 is 0 Å². The molecule has 0 bridgehead atoms. The van der Waals surface area contributed by atoms with Crippen LogP contribution in [0.3, 0.4) is 0 Å². The number of aromatic nitrogens is 2. The quantitative estimate of drug-likeness (QED) is 0.841. The zero-order chi connectivity index (χ0) is 12.1. The Morgan fingerprint density at radius 3 is 2.88 bits per heavy atom. The van der Waals surface area contributed by atoms with Crippen LogP contribution in [0.4, 0.5) is 5.95 Å². The topological polar surface area (TPSA) is 73.0 Å². The van der Waals surface area contributed by atoms with Gasteiger partial charge < -0.3 is 10.0 Å². The lowest BCUT2D eigenvalue weighted by Gasteiger charge is -2.28. The van der Waals surface area contributed by atoms with Crippen molar-refractivity contribution in [1.82, 2.24) is 9.97 Å². The van der Waals surface area contributed by atoms with Gasteiger partial charge in [-0.3, -0.25) is 0 Å². The van der Waals surface area contributed by atoms with Gasteiger partial charge in [0.25, 0.3) is 0 Å². The fourth-order valence-corrected chi connectivity index (χ4v) is 2.32. The lowest BCUT2D eigenvalue weighted by atomic mass is 10.2. The molecule has 0 aromatic carbocycles. The highest BCUT2D eigenvalue weighted by Crippen LogP contribution is 2.25. The molecule has 1 fully saturated rings. The molecule has 0 spiro atoms. The zero-order valence-corrected chi connectivity index (χ0v) is 9.71. The minimum absolute atomic E-state index is 0.0800. The van der Waals surface area contributed by atoms with Crippen molar-refractivity contribution in [2.75, 3.05) is 18.1 Å². The number of aliphatic hydroxyl groups is 1. The third-order valence-corrected chi connectivity index (χ3v) is 3.12. The largest absolute Gasteiger partial charge is 0.395 e. The summed E-state index contributed by atoms with van der Waals surface area (Å²) in [4.78, 5) is 10.4. The molecular formula is C12H16N4O. The van der Waals surface area contributed by atoms with Gasteiger partial charge in [-0.25, -0.2) is 9.97 Å². The van der Waals surface area contributed by atoms with Gasteiger partial charge in [-0.15, -0.1) is 0 Å². The Kier molecular flexibility index (Phi) is 3.89. The van der Waals surface area contributed by atoms with Crippen LogP contribution in [-0.4, -0.2) is 34.3 Å². The normalized spacial score (nSPS) is 15.8. The molecule has 1 aliphatic carbocycles. The van der Waals surface area contributed by atoms with Crippen molar-refractivity contribution in [3.05, 3.63) is 18.0 Å². The summed E-state index contributed by atoms with van der Waals surface area (Å²) in [7, 11) is 0. The maximum Gasteiger partial charge on any atom is 0.226 e. The number of nitriles is 1. The van der Waals surface area contributed by atoms with E-state index in [9.17, 15) is 0 Å². The van der Waals surface area contributed by atoms with Crippen LogP contribution < -0.4 is 4.90 Å².